The third kappa shape index (κ3) is 0.728. The Labute approximate surface area is 81.8 Å². The fraction of sp³-hybridized carbons (Fsp3) is 0.500. The molecule has 14 heavy (non-hydrogen) atoms. The Morgan fingerprint density at radius 2 is 2.00 bits per heavy atom. The predicted octanol–water partition coefficient (Wildman–Crippen LogP) is 1.00. The van der Waals surface area contributed by atoms with Crippen LogP contribution in [0.1, 0.15) is 24.8 Å². The van der Waals surface area contributed by atoms with E-state index in [2.05, 4.69) is 16.0 Å². The second-order valence-corrected chi connectivity index (χ2v) is 4.30. The average Bonchev–Trinajstić information content (AvgIpc) is 3.09. The molecular formula is C10H10N4. The van der Waals surface area contributed by atoms with Crippen molar-refractivity contribution in [2.45, 2.75) is 24.7 Å². The summed E-state index contributed by atoms with van der Waals surface area (Å²) in [6.07, 6.45) is 6.71. The minimum Gasteiger partial charge on any atom is -0.368 e. The van der Waals surface area contributed by atoms with E-state index in [0.717, 1.165) is 12.0 Å². The van der Waals surface area contributed by atoms with Gasteiger partial charge in [0.25, 0.3) is 0 Å². The van der Waals surface area contributed by atoms with Gasteiger partial charge < -0.3 is 5.73 Å². The van der Waals surface area contributed by atoms with E-state index in [1.54, 1.807) is 12.4 Å². The van der Waals surface area contributed by atoms with Gasteiger partial charge in [0.1, 0.15) is 0 Å². The van der Waals surface area contributed by atoms with E-state index in [4.69, 9.17) is 5.73 Å². The molecule has 0 aromatic carbocycles. The number of nitrogen functional groups attached to an aromatic ring is 1. The zero-order valence-electron chi connectivity index (χ0n) is 7.70. The summed E-state index contributed by atoms with van der Waals surface area (Å²) in [5, 5.41) is 9.22. The fourth-order valence-electron chi connectivity index (χ4n) is 2.41. The topological polar surface area (TPSA) is 75.6 Å². The summed E-state index contributed by atoms with van der Waals surface area (Å²) in [7, 11) is 0. The Hall–Kier alpha value is -1.63. The fourth-order valence-corrected chi connectivity index (χ4v) is 2.41. The summed E-state index contributed by atoms with van der Waals surface area (Å²) < 4.78 is 0. The van der Waals surface area contributed by atoms with Crippen molar-refractivity contribution in [1.82, 2.24) is 9.97 Å². The lowest BCUT2D eigenvalue weighted by atomic mass is 9.97. The van der Waals surface area contributed by atoms with Crippen molar-refractivity contribution >= 4 is 5.95 Å². The molecule has 2 aliphatic rings. The van der Waals surface area contributed by atoms with Crippen LogP contribution in [0.25, 0.3) is 0 Å². The molecule has 0 radical (unpaired) electrons. The second kappa shape index (κ2) is 2.06. The van der Waals surface area contributed by atoms with Gasteiger partial charge in [0.2, 0.25) is 5.95 Å². The van der Waals surface area contributed by atoms with E-state index in [1.165, 1.54) is 12.8 Å². The number of nitrogens with zero attached hydrogens (tertiary/aromatic N) is 3. The molecule has 1 aromatic rings. The number of nitriles is 1. The van der Waals surface area contributed by atoms with Crippen LogP contribution >= 0.6 is 0 Å². The largest absolute Gasteiger partial charge is 0.368 e. The zero-order valence-corrected chi connectivity index (χ0v) is 7.70. The Kier molecular flexibility index (Phi) is 1.14. The Morgan fingerprint density at radius 1 is 1.36 bits per heavy atom. The highest BCUT2D eigenvalue weighted by Crippen LogP contribution is 2.78. The zero-order chi connectivity index (χ0) is 9.81. The molecule has 2 aliphatic carbocycles. The van der Waals surface area contributed by atoms with Crippen LogP contribution in [0.4, 0.5) is 5.95 Å². The first-order valence-corrected chi connectivity index (χ1v) is 4.72. The first kappa shape index (κ1) is 7.74. The lowest BCUT2D eigenvalue weighted by Crippen LogP contribution is -2.09. The molecule has 0 bridgehead atoms. The smallest absolute Gasteiger partial charge is 0.219 e. The van der Waals surface area contributed by atoms with Crippen LogP contribution in [-0.4, -0.2) is 9.97 Å². The summed E-state index contributed by atoms with van der Waals surface area (Å²) in [5.74, 6) is 0.271. The lowest BCUT2D eigenvalue weighted by molar-refractivity contribution is 0.730. The third-order valence-corrected chi connectivity index (χ3v) is 3.59. The minimum atomic E-state index is -0.291. The molecule has 1 atom stereocenters. The highest BCUT2D eigenvalue weighted by atomic mass is 15.0. The van der Waals surface area contributed by atoms with Gasteiger partial charge in [-0.15, -0.1) is 0 Å². The van der Waals surface area contributed by atoms with Gasteiger partial charge in [0.15, 0.2) is 0 Å². The van der Waals surface area contributed by atoms with Crippen molar-refractivity contribution in [2.75, 3.05) is 5.73 Å². The molecule has 3 rings (SSSR count). The first-order chi connectivity index (χ1) is 6.72. The molecule has 1 aromatic heterocycles. The molecule has 4 heteroatoms. The Morgan fingerprint density at radius 3 is 2.43 bits per heavy atom. The van der Waals surface area contributed by atoms with E-state index >= 15 is 0 Å². The summed E-state index contributed by atoms with van der Waals surface area (Å²) in [6.45, 7) is 0. The van der Waals surface area contributed by atoms with Crippen LogP contribution in [-0.2, 0) is 5.41 Å². The quantitative estimate of drug-likeness (QED) is 0.710. The van der Waals surface area contributed by atoms with Crippen LogP contribution in [0, 0.1) is 16.7 Å². The van der Waals surface area contributed by atoms with Gasteiger partial charge in [-0.05, 0) is 24.7 Å². The number of anilines is 1. The van der Waals surface area contributed by atoms with Gasteiger partial charge in [0, 0.05) is 18.0 Å². The third-order valence-electron chi connectivity index (χ3n) is 3.59. The van der Waals surface area contributed by atoms with Gasteiger partial charge in [-0.3, -0.25) is 0 Å². The van der Waals surface area contributed by atoms with E-state index in [0.29, 0.717) is 0 Å². The molecule has 1 unspecified atom stereocenters. The number of hydrogen-bond acceptors (Lipinski definition) is 4. The number of nitrogens with two attached hydrogens (primary N) is 1. The maximum atomic E-state index is 9.22. The average molecular weight is 186 g/mol. The van der Waals surface area contributed by atoms with Gasteiger partial charge in [-0.1, -0.05) is 0 Å². The van der Waals surface area contributed by atoms with Crippen LogP contribution in [0.5, 0.6) is 0 Å². The van der Waals surface area contributed by atoms with Crippen molar-refractivity contribution in [3.8, 4) is 6.07 Å². The van der Waals surface area contributed by atoms with E-state index in [9.17, 15) is 5.26 Å². The van der Waals surface area contributed by atoms with Crippen molar-refractivity contribution in [1.29, 1.82) is 5.26 Å². The minimum absolute atomic E-state index is 0.271. The number of rotatable bonds is 1. The first-order valence-electron chi connectivity index (χ1n) is 4.72. The molecule has 2 N–H and O–H groups in total. The van der Waals surface area contributed by atoms with E-state index < -0.39 is 0 Å². The molecule has 2 fully saturated rings. The monoisotopic (exact) mass is 186 g/mol. The summed E-state index contributed by atoms with van der Waals surface area (Å²) in [4.78, 5) is 7.88. The van der Waals surface area contributed by atoms with Crippen LogP contribution in [0.2, 0.25) is 0 Å². The summed E-state index contributed by atoms with van der Waals surface area (Å²) in [5.41, 5.74) is 6.33. The SMILES string of the molecule is N#CC1(c2cnc(N)nc2)CC12CC2. The van der Waals surface area contributed by atoms with Gasteiger partial charge in [-0.25, -0.2) is 9.97 Å². The highest BCUT2D eigenvalue weighted by molar-refractivity contribution is 5.48. The van der Waals surface area contributed by atoms with Crippen LogP contribution < -0.4 is 5.73 Å². The molecule has 0 amide bonds. The molecule has 0 aliphatic heterocycles. The van der Waals surface area contributed by atoms with Crippen LogP contribution in [0.15, 0.2) is 12.4 Å². The molecule has 1 heterocycles. The van der Waals surface area contributed by atoms with Gasteiger partial charge in [-0.2, -0.15) is 5.26 Å². The highest BCUT2D eigenvalue weighted by Gasteiger charge is 2.75. The van der Waals surface area contributed by atoms with Crippen LogP contribution in [0.3, 0.4) is 0 Å². The number of hydrogen-bond donors (Lipinski definition) is 1. The standard InChI is InChI=1S/C10H10N4/c11-6-10(5-9(10)1-2-9)7-3-13-8(12)14-4-7/h3-4H,1-2,5H2,(H2,12,13,14). The Balaban J connectivity index is 2.03. The van der Waals surface area contributed by atoms with Crippen molar-refractivity contribution < 1.29 is 0 Å². The summed E-state index contributed by atoms with van der Waals surface area (Å²) >= 11 is 0. The molecule has 4 nitrogen and oxygen atoms in total. The lowest BCUT2D eigenvalue weighted by Gasteiger charge is -2.06. The van der Waals surface area contributed by atoms with Gasteiger partial charge in [0.05, 0.1) is 11.5 Å². The molecule has 2 saturated carbocycles. The van der Waals surface area contributed by atoms with Gasteiger partial charge >= 0.3 is 0 Å². The molecule has 1 spiro atoms. The molecule has 70 valence electrons. The second-order valence-electron chi connectivity index (χ2n) is 4.30. The maximum Gasteiger partial charge on any atom is 0.219 e. The van der Waals surface area contributed by atoms with E-state index in [1.807, 2.05) is 0 Å². The predicted molar refractivity (Wildman–Crippen MR) is 50.0 cm³/mol. The van der Waals surface area contributed by atoms with Crippen molar-refractivity contribution in [3.05, 3.63) is 18.0 Å². The van der Waals surface area contributed by atoms with E-state index in [-0.39, 0.29) is 16.8 Å². The number of aromatic nitrogens is 2. The molecular weight excluding hydrogens is 176 g/mol. The molecule has 0 saturated heterocycles. The summed E-state index contributed by atoms with van der Waals surface area (Å²) in [6, 6.07) is 2.42. The normalized spacial score (nSPS) is 31.1. The van der Waals surface area contributed by atoms with Crippen molar-refractivity contribution in [2.24, 2.45) is 5.41 Å². The Bertz CT molecular complexity index is 426. The van der Waals surface area contributed by atoms with Crippen molar-refractivity contribution in [3.63, 3.8) is 0 Å². The maximum absolute atomic E-state index is 9.22.